The third-order valence-corrected chi connectivity index (χ3v) is 2.72. The lowest BCUT2D eigenvalue weighted by Gasteiger charge is -2.07. The number of rotatable bonds is 4. The van der Waals surface area contributed by atoms with Crippen molar-refractivity contribution in [3.05, 3.63) is 42.5 Å². The second-order valence-corrected chi connectivity index (χ2v) is 3.84. The molecule has 5 nitrogen and oxygen atoms in total. The van der Waals surface area contributed by atoms with E-state index >= 15 is 0 Å². The zero-order valence-electron chi connectivity index (χ0n) is 10.7. The topological polar surface area (TPSA) is 68.1 Å². The molecule has 0 radical (unpaired) electrons. The van der Waals surface area contributed by atoms with Crippen molar-refractivity contribution < 1.29 is 14.3 Å². The Morgan fingerprint density at radius 3 is 2.15 bits per heavy atom. The minimum absolute atomic E-state index is 0.424. The lowest BCUT2D eigenvalue weighted by atomic mass is 10.0. The predicted octanol–water partition coefficient (Wildman–Crippen LogP) is 3.30. The van der Waals surface area contributed by atoms with Crippen molar-refractivity contribution in [1.29, 1.82) is 0 Å². The molecular formula is C15H10N2O3. The van der Waals surface area contributed by atoms with Crippen LogP contribution in [0.2, 0.25) is 0 Å². The fraction of sp³-hybridized carbons (Fsp3) is 0.0667. The number of hydrogen-bond acceptors (Lipinski definition) is 5. The maximum absolute atomic E-state index is 10.3. The highest BCUT2D eigenvalue weighted by atomic mass is 16.5. The summed E-state index contributed by atoms with van der Waals surface area (Å²) in [5.41, 5.74) is 2.79. The Morgan fingerprint density at radius 1 is 0.900 bits per heavy atom. The minimum atomic E-state index is 0.424. The molecular weight excluding hydrogens is 256 g/mol. The quantitative estimate of drug-likeness (QED) is 0.629. The van der Waals surface area contributed by atoms with Gasteiger partial charge in [0.2, 0.25) is 12.2 Å². The summed E-state index contributed by atoms with van der Waals surface area (Å²) < 4.78 is 5.18. The van der Waals surface area contributed by atoms with Gasteiger partial charge < -0.3 is 4.74 Å². The monoisotopic (exact) mass is 266 g/mol. The first-order valence-electron chi connectivity index (χ1n) is 5.72. The molecule has 0 saturated heterocycles. The number of aliphatic imine (C=N–C) groups is 2. The normalized spacial score (nSPS) is 9.25. The molecule has 2 aromatic rings. The third-order valence-electron chi connectivity index (χ3n) is 2.72. The van der Waals surface area contributed by atoms with E-state index in [-0.39, 0.29) is 0 Å². The van der Waals surface area contributed by atoms with Crippen molar-refractivity contribution in [3.8, 4) is 16.9 Å². The molecule has 0 bridgehead atoms. The van der Waals surface area contributed by atoms with Crippen LogP contribution in [0, 0.1) is 0 Å². The molecule has 2 rings (SSSR count). The smallest absolute Gasteiger partial charge is 0.240 e. The van der Waals surface area contributed by atoms with Crippen molar-refractivity contribution in [1.82, 2.24) is 0 Å². The van der Waals surface area contributed by atoms with Gasteiger partial charge >= 0.3 is 0 Å². The predicted molar refractivity (Wildman–Crippen MR) is 74.0 cm³/mol. The Hall–Kier alpha value is -3.00. The van der Waals surface area contributed by atoms with Crippen molar-refractivity contribution >= 4 is 23.5 Å². The van der Waals surface area contributed by atoms with Gasteiger partial charge in [-0.1, -0.05) is 18.2 Å². The first-order chi connectivity index (χ1) is 9.78. The molecule has 0 heterocycles. The van der Waals surface area contributed by atoms with E-state index in [1.807, 2.05) is 18.2 Å². The number of nitrogens with zero attached hydrogens (tertiary/aromatic N) is 2. The molecule has 5 heteroatoms. The van der Waals surface area contributed by atoms with Crippen molar-refractivity contribution in [3.63, 3.8) is 0 Å². The van der Waals surface area contributed by atoms with Crippen LogP contribution in [0.3, 0.4) is 0 Å². The first kappa shape index (κ1) is 13.4. The number of methoxy groups -OCH3 is 1. The van der Waals surface area contributed by atoms with Crippen molar-refractivity contribution in [2.45, 2.75) is 0 Å². The SMILES string of the molecule is COc1cc(-c2ccc(N=C=O)cc2)ccc1N=C=O. The Kier molecular flexibility index (Phi) is 4.20. The van der Waals surface area contributed by atoms with Gasteiger partial charge in [-0.25, -0.2) is 9.59 Å². The van der Waals surface area contributed by atoms with Crippen LogP contribution in [-0.4, -0.2) is 19.3 Å². The Labute approximate surface area is 115 Å². The van der Waals surface area contributed by atoms with E-state index in [0.29, 0.717) is 17.1 Å². The molecule has 0 aliphatic heterocycles. The van der Waals surface area contributed by atoms with Crippen LogP contribution in [0.15, 0.2) is 52.4 Å². The van der Waals surface area contributed by atoms with E-state index in [9.17, 15) is 9.59 Å². The standard InChI is InChI=1S/C15H10N2O3/c1-20-15-8-12(4-7-14(15)17-10-19)11-2-5-13(6-3-11)16-9-18/h2-8H,1H3. The average molecular weight is 266 g/mol. The van der Waals surface area contributed by atoms with Crippen LogP contribution in [0.5, 0.6) is 5.75 Å². The van der Waals surface area contributed by atoms with Crippen LogP contribution in [-0.2, 0) is 9.59 Å². The van der Waals surface area contributed by atoms with Crippen LogP contribution in [0.1, 0.15) is 0 Å². The average Bonchev–Trinajstić information content (AvgIpc) is 2.49. The highest BCUT2D eigenvalue weighted by Gasteiger charge is 2.05. The summed E-state index contributed by atoms with van der Waals surface area (Å²) >= 11 is 0. The van der Waals surface area contributed by atoms with E-state index in [1.165, 1.54) is 19.3 Å². The summed E-state index contributed by atoms with van der Waals surface area (Å²) in [5.74, 6) is 0.487. The highest BCUT2D eigenvalue weighted by molar-refractivity contribution is 5.71. The van der Waals surface area contributed by atoms with Gasteiger partial charge in [0.15, 0.2) is 0 Å². The van der Waals surface area contributed by atoms with E-state index < -0.39 is 0 Å². The second-order valence-electron chi connectivity index (χ2n) is 3.84. The maximum Gasteiger partial charge on any atom is 0.240 e. The molecule has 0 atom stereocenters. The maximum atomic E-state index is 10.3. The molecule has 0 amide bonds. The van der Waals surface area contributed by atoms with Gasteiger partial charge in [0.05, 0.1) is 12.8 Å². The molecule has 2 aromatic carbocycles. The molecule has 20 heavy (non-hydrogen) atoms. The van der Waals surface area contributed by atoms with Gasteiger partial charge in [0.25, 0.3) is 0 Å². The first-order valence-corrected chi connectivity index (χ1v) is 5.72. The fourth-order valence-corrected chi connectivity index (χ4v) is 1.78. The molecule has 0 aromatic heterocycles. The summed E-state index contributed by atoms with van der Waals surface area (Å²) in [6.45, 7) is 0. The zero-order valence-corrected chi connectivity index (χ0v) is 10.7. The summed E-state index contributed by atoms with van der Waals surface area (Å²) in [7, 11) is 1.50. The van der Waals surface area contributed by atoms with Crippen molar-refractivity contribution in [2.24, 2.45) is 9.98 Å². The van der Waals surface area contributed by atoms with Gasteiger partial charge in [-0.2, -0.15) is 9.98 Å². The molecule has 0 N–H and O–H groups in total. The summed E-state index contributed by atoms with van der Waals surface area (Å²) in [4.78, 5) is 27.6. The summed E-state index contributed by atoms with van der Waals surface area (Å²) in [5, 5.41) is 0. The number of isocyanates is 2. The molecule has 98 valence electrons. The summed E-state index contributed by atoms with van der Waals surface area (Å²) in [6.07, 6.45) is 2.97. The zero-order chi connectivity index (χ0) is 14.4. The summed E-state index contributed by atoms with van der Waals surface area (Å²) in [6, 6.07) is 12.3. The molecule has 0 aliphatic rings. The number of hydrogen-bond donors (Lipinski definition) is 0. The highest BCUT2D eigenvalue weighted by Crippen LogP contribution is 2.32. The minimum Gasteiger partial charge on any atom is -0.494 e. The Balaban J connectivity index is 2.42. The lowest BCUT2D eigenvalue weighted by molar-refractivity contribution is 0.416. The Bertz CT molecular complexity index is 710. The number of carbonyl (C=O) groups excluding carboxylic acids is 2. The molecule has 0 spiro atoms. The number of ether oxygens (including phenoxy) is 1. The van der Waals surface area contributed by atoms with Gasteiger partial charge in [-0.15, -0.1) is 0 Å². The molecule has 0 fully saturated rings. The third kappa shape index (κ3) is 2.87. The van der Waals surface area contributed by atoms with Crippen LogP contribution >= 0.6 is 0 Å². The van der Waals surface area contributed by atoms with E-state index in [1.54, 1.807) is 24.3 Å². The fourth-order valence-electron chi connectivity index (χ4n) is 1.78. The van der Waals surface area contributed by atoms with E-state index in [0.717, 1.165) is 11.1 Å². The van der Waals surface area contributed by atoms with Gasteiger partial charge in [-0.05, 0) is 35.4 Å². The molecule has 0 aliphatic carbocycles. The van der Waals surface area contributed by atoms with E-state index in [2.05, 4.69) is 9.98 Å². The lowest BCUT2D eigenvalue weighted by Crippen LogP contribution is -1.85. The van der Waals surface area contributed by atoms with Crippen LogP contribution in [0.25, 0.3) is 11.1 Å². The van der Waals surface area contributed by atoms with Gasteiger partial charge in [0, 0.05) is 0 Å². The van der Waals surface area contributed by atoms with Crippen LogP contribution < -0.4 is 4.74 Å². The van der Waals surface area contributed by atoms with Crippen molar-refractivity contribution in [2.75, 3.05) is 7.11 Å². The Morgan fingerprint density at radius 2 is 1.55 bits per heavy atom. The van der Waals surface area contributed by atoms with Gasteiger partial charge in [-0.3, -0.25) is 0 Å². The molecule has 0 unspecified atom stereocenters. The van der Waals surface area contributed by atoms with Crippen LogP contribution in [0.4, 0.5) is 11.4 Å². The van der Waals surface area contributed by atoms with Gasteiger partial charge in [0.1, 0.15) is 11.4 Å². The molecule has 0 saturated carbocycles. The second kappa shape index (κ2) is 6.25. The van der Waals surface area contributed by atoms with E-state index in [4.69, 9.17) is 4.74 Å². The number of benzene rings is 2. The largest absolute Gasteiger partial charge is 0.494 e.